The van der Waals surface area contributed by atoms with Gasteiger partial charge in [-0.2, -0.15) is 5.26 Å². The average Bonchev–Trinajstić information content (AvgIpc) is 3.34. The van der Waals surface area contributed by atoms with Crippen LogP contribution in [0.25, 0.3) is 22.4 Å². The second kappa shape index (κ2) is 8.81. The normalized spacial score (nSPS) is 12.0. The molecule has 30 heavy (non-hydrogen) atoms. The van der Waals surface area contributed by atoms with Gasteiger partial charge in [-0.15, -0.1) is 6.58 Å². The molecule has 2 aromatic heterocycles. The van der Waals surface area contributed by atoms with Gasteiger partial charge >= 0.3 is 0 Å². The first-order valence-corrected chi connectivity index (χ1v) is 9.81. The second-order valence-corrected chi connectivity index (χ2v) is 7.09. The molecule has 0 saturated carbocycles. The zero-order valence-corrected chi connectivity index (χ0v) is 16.8. The summed E-state index contributed by atoms with van der Waals surface area (Å²) in [5, 5.41) is 10.3. The van der Waals surface area contributed by atoms with E-state index in [9.17, 15) is 5.26 Å². The van der Waals surface area contributed by atoms with Gasteiger partial charge in [-0.1, -0.05) is 30.3 Å². The third-order valence-corrected chi connectivity index (χ3v) is 4.87. The molecular formula is C25H22N2O3. The van der Waals surface area contributed by atoms with Crippen molar-refractivity contribution in [2.45, 2.75) is 25.9 Å². The van der Waals surface area contributed by atoms with E-state index in [0.717, 1.165) is 39.3 Å². The molecule has 0 aliphatic carbocycles. The smallest absolute Gasteiger partial charge is 0.226 e. The van der Waals surface area contributed by atoms with Gasteiger partial charge in [-0.05, 0) is 42.8 Å². The number of aryl methyl sites for hydroxylation is 1. The van der Waals surface area contributed by atoms with Crippen molar-refractivity contribution in [3.05, 3.63) is 90.0 Å². The van der Waals surface area contributed by atoms with Crippen molar-refractivity contribution in [1.82, 2.24) is 4.98 Å². The highest BCUT2D eigenvalue weighted by Crippen LogP contribution is 2.26. The van der Waals surface area contributed by atoms with Gasteiger partial charge in [0, 0.05) is 17.4 Å². The van der Waals surface area contributed by atoms with Crippen LogP contribution in [0.1, 0.15) is 22.8 Å². The highest BCUT2D eigenvalue weighted by atomic mass is 16.5. The van der Waals surface area contributed by atoms with E-state index in [4.69, 9.17) is 13.6 Å². The molecule has 1 unspecified atom stereocenters. The molecule has 0 saturated heterocycles. The van der Waals surface area contributed by atoms with Crippen LogP contribution < -0.4 is 0 Å². The molecule has 4 rings (SSSR count). The third kappa shape index (κ3) is 4.35. The number of furan rings is 1. The molecule has 0 radical (unpaired) electrons. The van der Waals surface area contributed by atoms with E-state index in [0.29, 0.717) is 25.3 Å². The lowest BCUT2D eigenvalue weighted by molar-refractivity contribution is 0.115. The first kappa shape index (κ1) is 19.7. The number of benzene rings is 2. The standard InChI is InChI=1S/C25H22N2O3/c1-3-11-28-22(16-26)13-18-9-10-24-20(12-18)14-21(30-24)15-23-17(2)29-25(27-23)19-7-5-4-6-8-19/h3-10,12,14,22H,1,11,13,15H2,2H3. The van der Waals surface area contributed by atoms with Crippen LogP contribution in [0, 0.1) is 18.3 Å². The minimum absolute atomic E-state index is 0.359. The number of hydrogen-bond donors (Lipinski definition) is 0. The first-order chi connectivity index (χ1) is 14.7. The molecule has 0 aliphatic heterocycles. The van der Waals surface area contributed by atoms with E-state index in [1.54, 1.807) is 6.08 Å². The Morgan fingerprint density at radius 1 is 1.17 bits per heavy atom. The lowest BCUT2D eigenvalue weighted by atomic mass is 10.1. The molecular weight excluding hydrogens is 376 g/mol. The van der Waals surface area contributed by atoms with Crippen LogP contribution in [-0.4, -0.2) is 17.7 Å². The van der Waals surface area contributed by atoms with Crippen molar-refractivity contribution in [2.24, 2.45) is 0 Å². The Kier molecular flexibility index (Phi) is 5.78. The molecule has 0 N–H and O–H groups in total. The van der Waals surface area contributed by atoms with Crippen molar-refractivity contribution >= 4 is 11.0 Å². The number of oxazole rings is 1. The fraction of sp³-hybridized carbons (Fsp3) is 0.200. The van der Waals surface area contributed by atoms with Crippen LogP contribution in [0.15, 0.2) is 76.1 Å². The minimum atomic E-state index is -0.499. The van der Waals surface area contributed by atoms with Crippen molar-refractivity contribution in [1.29, 1.82) is 5.26 Å². The summed E-state index contributed by atoms with van der Waals surface area (Å²) in [6.07, 6.45) is 2.21. The number of hydrogen-bond acceptors (Lipinski definition) is 5. The van der Waals surface area contributed by atoms with Crippen molar-refractivity contribution < 1.29 is 13.6 Å². The number of rotatable bonds is 8. The zero-order valence-electron chi connectivity index (χ0n) is 16.8. The van der Waals surface area contributed by atoms with Crippen molar-refractivity contribution in [2.75, 3.05) is 6.61 Å². The summed E-state index contributed by atoms with van der Waals surface area (Å²) in [7, 11) is 0. The predicted octanol–water partition coefficient (Wildman–Crippen LogP) is 5.62. The van der Waals surface area contributed by atoms with E-state index in [1.165, 1.54) is 0 Å². The van der Waals surface area contributed by atoms with Crippen LogP contribution >= 0.6 is 0 Å². The van der Waals surface area contributed by atoms with E-state index < -0.39 is 6.10 Å². The van der Waals surface area contributed by atoms with Crippen molar-refractivity contribution in [3.63, 3.8) is 0 Å². The van der Waals surface area contributed by atoms with E-state index in [2.05, 4.69) is 17.6 Å². The Labute approximate surface area is 175 Å². The van der Waals surface area contributed by atoms with Gasteiger partial charge in [0.15, 0.2) is 0 Å². The van der Waals surface area contributed by atoms with E-state index in [-0.39, 0.29) is 0 Å². The molecule has 2 aromatic carbocycles. The highest BCUT2D eigenvalue weighted by Gasteiger charge is 2.15. The SMILES string of the molecule is C=CCOC(C#N)Cc1ccc2oc(Cc3nc(-c4ccccc4)oc3C)cc2c1. The fourth-order valence-electron chi connectivity index (χ4n) is 3.36. The molecule has 0 bridgehead atoms. The van der Waals surface area contributed by atoms with Gasteiger partial charge in [0.2, 0.25) is 5.89 Å². The topological polar surface area (TPSA) is 72.2 Å². The van der Waals surface area contributed by atoms with Gasteiger partial charge in [0.25, 0.3) is 0 Å². The maximum Gasteiger partial charge on any atom is 0.226 e. The maximum atomic E-state index is 9.26. The van der Waals surface area contributed by atoms with Crippen LogP contribution in [-0.2, 0) is 17.6 Å². The molecule has 0 fully saturated rings. The Bertz CT molecular complexity index is 1200. The molecule has 0 amide bonds. The lowest BCUT2D eigenvalue weighted by Gasteiger charge is -2.08. The number of aromatic nitrogens is 1. The van der Waals surface area contributed by atoms with E-state index >= 15 is 0 Å². The van der Waals surface area contributed by atoms with Crippen LogP contribution in [0.2, 0.25) is 0 Å². The average molecular weight is 398 g/mol. The van der Waals surface area contributed by atoms with Gasteiger partial charge in [-0.3, -0.25) is 0 Å². The van der Waals surface area contributed by atoms with Gasteiger partial charge in [0.1, 0.15) is 23.2 Å². The minimum Gasteiger partial charge on any atom is -0.461 e. The number of nitrogens with zero attached hydrogens (tertiary/aromatic N) is 2. The summed E-state index contributed by atoms with van der Waals surface area (Å²) < 4.78 is 17.3. The summed E-state index contributed by atoms with van der Waals surface area (Å²) in [5.74, 6) is 2.22. The van der Waals surface area contributed by atoms with Gasteiger partial charge in [0.05, 0.1) is 24.8 Å². The Hall–Kier alpha value is -3.62. The zero-order chi connectivity index (χ0) is 20.9. The number of nitriles is 1. The summed E-state index contributed by atoms with van der Waals surface area (Å²) >= 11 is 0. The van der Waals surface area contributed by atoms with Crippen molar-refractivity contribution in [3.8, 4) is 17.5 Å². The Morgan fingerprint density at radius 2 is 2.00 bits per heavy atom. The predicted molar refractivity (Wildman–Crippen MR) is 115 cm³/mol. The number of fused-ring (bicyclic) bond motifs is 1. The third-order valence-electron chi connectivity index (χ3n) is 4.87. The van der Waals surface area contributed by atoms with Gasteiger partial charge < -0.3 is 13.6 Å². The quantitative estimate of drug-likeness (QED) is 0.360. The Morgan fingerprint density at radius 3 is 2.77 bits per heavy atom. The first-order valence-electron chi connectivity index (χ1n) is 9.81. The number of ether oxygens (including phenoxy) is 1. The molecule has 150 valence electrons. The maximum absolute atomic E-state index is 9.26. The molecule has 1 atom stereocenters. The summed E-state index contributed by atoms with van der Waals surface area (Å²) in [6, 6.07) is 20.0. The molecule has 5 nitrogen and oxygen atoms in total. The molecule has 5 heteroatoms. The van der Waals surface area contributed by atoms with Crippen LogP contribution in [0.3, 0.4) is 0 Å². The molecule has 4 aromatic rings. The van der Waals surface area contributed by atoms with E-state index in [1.807, 2.05) is 61.5 Å². The molecule has 2 heterocycles. The largest absolute Gasteiger partial charge is 0.461 e. The fourth-order valence-corrected chi connectivity index (χ4v) is 3.36. The monoisotopic (exact) mass is 398 g/mol. The summed E-state index contributed by atoms with van der Waals surface area (Å²) in [6.45, 7) is 5.90. The molecule has 0 spiro atoms. The summed E-state index contributed by atoms with van der Waals surface area (Å²) in [4.78, 5) is 4.65. The lowest BCUT2D eigenvalue weighted by Crippen LogP contribution is -2.13. The summed E-state index contributed by atoms with van der Waals surface area (Å²) in [5.41, 5.74) is 3.63. The molecule has 0 aliphatic rings. The second-order valence-electron chi connectivity index (χ2n) is 7.09. The van der Waals surface area contributed by atoms with Gasteiger partial charge in [-0.25, -0.2) is 4.98 Å². The highest BCUT2D eigenvalue weighted by molar-refractivity contribution is 5.78. The van der Waals surface area contributed by atoms with Crippen LogP contribution in [0.4, 0.5) is 0 Å². The Balaban J connectivity index is 1.52. The van der Waals surface area contributed by atoms with Crippen LogP contribution in [0.5, 0.6) is 0 Å².